The van der Waals surface area contributed by atoms with Crippen LogP contribution in [-0.4, -0.2) is 17.9 Å². The Morgan fingerprint density at radius 1 is 1.33 bits per heavy atom. The molecular weight excluding hydrogens is 339 g/mol. The maximum atomic E-state index is 12.8. The van der Waals surface area contributed by atoms with Crippen molar-refractivity contribution in [3.05, 3.63) is 52.3 Å². The molecule has 0 saturated heterocycles. The molecule has 2 N–H and O–H groups in total. The fraction of sp³-hybridized carbons (Fsp3) is 0.133. The van der Waals surface area contributed by atoms with E-state index in [1.165, 1.54) is 12.1 Å². The summed E-state index contributed by atoms with van der Waals surface area (Å²) in [6.07, 6.45) is 1.58. The first-order valence-electron chi connectivity index (χ1n) is 6.30. The van der Waals surface area contributed by atoms with Crippen LogP contribution >= 0.6 is 15.9 Å². The lowest BCUT2D eigenvalue weighted by atomic mass is 10.2. The molecule has 0 bridgehead atoms. The lowest BCUT2D eigenvalue weighted by Crippen LogP contribution is -1.95. The van der Waals surface area contributed by atoms with Gasteiger partial charge in [0.25, 0.3) is 0 Å². The van der Waals surface area contributed by atoms with Crippen molar-refractivity contribution in [1.29, 1.82) is 0 Å². The van der Waals surface area contributed by atoms with Gasteiger partial charge in [-0.25, -0.2) is 4.39 Å². The second kappa shape index (κ2) is 7.08. The smallest absolute Gasteiger partial charge is 0.172 e. The number of anilines is 1. The fourth-order valence-electron chi connectivity index (χ4n) is 1.64. The van der Waals surface area contributed by atoms with Crippen molar-refractivity contribution in [2.45, 2.75) is 6.92 Å². The van der Waals surface area contributed by atoms with Crippen molar-refractivity contribution < 1.29 is 14.2 Å². The Labute approximate surface area is 130 Å². The van der Waals surface area contributed by atoms with Crippen LogP contribution < -0.4 is 10.2 Å². The first-order valence-corrected chi connectivity index (χ1v) is 7.09. The molecule has 0 unspecified atom stereocenters. The van der Waals surface area contributed by atoms with Crippen LogP contribution in [0.1, 0.15) is 12.5 Å². The second-order valence-corrected chi connectivity index (χ2v) is 5.01. The molecule has 0 spiro atoms. The van der Waals surface area contributed by atoms with Crippen LogP contribution in [0.5, 0.6) is 11.5 Å². The number of hydrazone groups is 1. The van der Waals surface area contributed by atoms with Crippen molar-refractivity contribution in [2.75, 3.05) is 12.0 Å². The van der Waals surface area contributed by atoms with Crippen LogP contribution in [0.15, 0.2) is 46.0 Å². The molecule has 2 aromatic carbocycles. The highest BCUT2D eigenvalue weighted by atomic mass is 79.9. The van der Waals surface area contributed by atoms with Gasteiger partial charge in [-0.1, -0.05) is 0 Å². The molecule has 0 atom stereocenters. The largest absolute Gasteiger partial charge is 0.503 e. The molecule has 0 fully saturated rings. The number of hydrogen-bond acceptors (Lipinski definition) is 4. The maximum Gasteiger partial charge on any atom is 0.172 e. The van der Waals surface area contributed by atoms with Gasteiger partial charge >= 0.3 is 0 Å². The molecule has 0 aromatic heterocycles. The van der Waals surface area contributed by atoms with Gasteiger partial charge in [0.05, 0.1) is 23.0 Å². The summed E-state index contributed by atoms with van der Waals surface area (Å²) in [5, 5.41) is 13.9. The Bertz CT molecular complexity index is 645. The van der Waals surface area contributed by atoms with Gasteiger partial charge in [-0.05, 0) is 64.8 Å². The van der Waals surface area contributed by atoms with Crippen molar-refractivity contribution in [3.63, 3.8) is 0 Å². The van der Waals surface area contributed by atoms with Crippen molar-refractivity contribution in [3.8, 4) is 11.5 Å². The Kier molecular flexibility index (Phi) is 5.16. The summed E-state index contributed by atoms with van der Waals surface area (Å²) < 4.78 is 18.6. The molecule has 110 valence electrons. The van der Waals surface area contributed by atoms with Gasteiger partial charge in [0.1, 0.15) is 5.82 Å². The molecular formula is C15H14BrFN2O2. The predicted octanol–water partition coefficient (Wildman–Crippen LogP) is 4.14. The number of ether oxygens (including phenoxy) is 1. The standard InChI is InChI=1S/C15H14BrFN2O2/c1-2-21-14-8-10(7-13(16)15(14)20)9-18-19-12-5-3-11(17)4-6-12/h3-9,19-20H,2H2,1H3/b18-9+. The van der Waals surface area contributed by atoms with Crippen molar-refractivity contribution in [2.24, 2.45) is 5.10 Å². The topological polar surface area (TPSA) is 53.8 Å². The van der Waals surface area contributed by atoms with E-state index in [-0.39, 0.29) is 11.6 Å². The lowest BCUT2D eigenvalue weighted by molar-refractivity contribution is 0.317. The summed E-state index contributed by atoms with van der Waals surface area (Å²) >= 11 is 3.26. The molecule has 21 heavy (non-hydrogen) atoms. The number of nitrogens with zero attached hydrogens (tertiary/aromatic N) is 1. The molecule has 0 saturated carbocycles. The maximum absolute atomic E-state index is 12.8. The highest BCUT2D eigenvalue weighted by Crippen LogP contribution is 2.35. The van der Waals surface area contributed by atoms with Crippen LogP contribution in [0, 0.1) is 5.82 Å². The summed E-state index contributed by atoms with van der Waals surface area (Å²) in [7, 11) is 0. The van der Waals surface area contributed by atoms with Crippen LogP contribution in [-0.2, 0) is 0 Å². The number of phenols is 1. The highest BCUT2D eigenvalue weighted by Gasteiger charge is 2.08. The van der Waals surface area contributed by atoms with Gasteiger partial charge in [-0.15, -0.1) is 0 Å². The van der Waals surface area contributed by atoms with Crippen LogP contribution in [0.2, 0.25) is 0 Å². The first kappa shape index (κ1) is 15.3. The van der Waals surface area contributed by atoms with Crippen LogP contribution in [0.3, 0.4) is 0 Å². The monoisotopic (exact) mass is 352 g/mol. The number of aromatic hydroxyl groups is 1. The van der Waals surface area contributed by atoms with Crippen molar-refractivity contribution >= 4 is 27.8 Å². The third-order valence-corrected chi connectivity index (χ3v) is 3.21. The fourth-order valence-corrected chi connectivity index (χ4v) is 2.10. The molecule has 2 rings (SSSR count). The third kappa shape index (κ3) is 4.19. The highest BCUT2D eigenvalue weighted by molar-refractivity contribution is 9.10. The Morgan fingerprint density at radius 2 is 2.05 bits per heavy atom. The lowest BCUT2D eigenvalue weighted by Gasteiger charge is -2.08. The average Bonchev–Trinajstić information content (AvgIpc) is 2.46. The zero-order valence-corrected chi connectivity index (χ0v) is 12.9. The van der Waals surface area contributed by atoms with E-state index in [1.54, 1.807) is 30.5 Å². The number of halogens is 2. The normalized spacial score (nSPS) is 10.8. The van der Waals surface area contributed by atoms with E-state index < -0.39 is 0 Å². The van der Waals surface area contributed by atoms with E-state index in [2.05, 4.69) is 26.5 Å². The Balaban J connectivity index is 2.11. The van der Waals surface area contributed by atoms with E-state index >= 15 is 0 Å². The minimum Gasteiger partial charge on any atom is -0.503 e. The van der Waals surface area contributed by atoms with Crippen LogP contribution in [0.25, 0.3) is 0 Å². The minimum absolute atomic E-state index is 0.0560. The quantitative estimate of drug-likeness (QED) is 0.628. The van der Waals surface area contributed by atoms with Gasteiger partial charge in [0, 0.05) is 0 Å². The van der Waals surface area contributed by atoms with Crippen LogP contribution in [0.4, 0.5) is 10.1 Å². The minimum atomic E-state index is -0.298. The Hall–Kier alpha value is -2.08. The van der Waals surface area contributed by atoms with E-state index in [9.17, 15) is 9.50 Å². The SMILES string of the molecule is CCOc1cc(/C=N/Nc2ccc(F)cc2)cc(Br)c1O. The molecule has 0 aliphatic heterocycles. The molecule has 6 heteroatoms. The summed E-state index contributed by atoms with van der Waals surface area (Å²) in [6, 6.07) is 9.27. The molecule has 4 nitrogen and oxygen atoms in total. The van der Waals surface area contributed by atoms with E-state index in [0.717, 1.165) is 5.56 Å². The van der Waals surface area contributed by atoms with Gasteiger partial charge in [-0.2, -0.15) is 5.10 Å². The van der Waals surface area contributed by atoms with Gasteiger partial charge in [0.15, 0.2) is 11.5 Å². The third-order valence-electron chi connectivity index (χ3n) is 2.60. The molecule has 0 aliphatic rings. The average molecular weight is 353 g/mol. The Morgan fingerprint density at radius 3 is 2.71 bits per heavy atom. The number of phenolic OH excluding ortho intramolecular Hbond substituents is 1. The summed E-state index contributed by atoms with van der Waals surface area (Å²) in [4.78, 5) is 0. The van der Waals surface area contributed by atoms with Gasteiger partial charge in [-0.3, -0.25) is 5.43 Å². The number of nitrogens with one attached hydrogen (secondary N) is 1. The molecule has 0 amide bonds. The zero-order valence-electron chi connectivity index (χ0n) is 11.3. The van der Waals surface area contributed by atoms with Gasteiger partial charge < -0.3 is 9.84 Å². The zero-order chi connectivity index (χ0) is 15.2. The summed E-state index contributed by atoms with van der Waals surface area (Å²) in [5.74, 6) is 0.143. The second-order valence-electron chi connectivity index (χ2n) is 4.16. The van der Waals surface area contributed by atoms with E-state index in [1.807, 2.05) is 6.92 Å². The molecule has 2 aromatic rings. The number of rotatable bonds is 5. The van der Waals surface area contributed by atoms with Gasteiger partial charge in [0.2, 0.25) is 0 Å². The predicted molar refractivity (Wildman–Crippen MR) is 84.6 cm³/mol. The number of benzene rings is 2. The summed E-state index contributed by atoms with van der Waals surface area (Å²) in [5.41, 5.74) is 4.21. The molecule has 0 heterocycles. The first-order chi connectivity index (χ1) is 10.1. The van der Waals surface area contributed by atoms with Crippen molar-refractivity contribution in [1.82, 2.24) is 0 Å². The molecule has 0 aliphatic carbocycles. The summed E-state index contributed by atoms with van der Waals surface area (Å²) in [6.45, 7) is 2.29. The number of hydrogen-bond donors (Lipinski definition) is 2. The van der Waals surface area contributed by atoms with E-state index in [0.29, 0.717) is 22.5 Å². The molecule has 0 radical (unpaired) electrons. The van der Waals surface area contributed by atoms with E-state index in [4.69, 9.17) is 4.74 Å².